The highest BCUT2D eigenvalue weighted by atomic mass is 79.9. The number of carboxylic acid groups (broad SMARTS) is 1. The number of anilines is 1. The zero-order chi connectivity index (χ0) is 26.9. The molecule has 4 rings (SSSR count). The molecule has 0 aliphatic carbocycles. The molecule has 0 aliphatic heterocycles. The van der Waals surface area contributed by atoms with Crippen molar-refractivity contribution in [3.8, 4) is 0 Å². The molecule has 2 aromatic carbocycles. The number of carbonyl (C=O) groups is 1. The third-order valence-corrected chi connectivity index (χ3v) is 8.46. The number of hydrogen-bond donors (Lipinski definition) is 2. The molecule has 1 atom stereocenters. The summed E-state index contributed by atoms with van der Waals surface area (Å²) < 4.78 is 24.5. The highest BCUT2D eigenvalue weighted by Gasteiger charge is 2.30. The number of aromatic nitrogens is 4. The lowest BCUT2D eigenvalue weighted by Gasteiger charge is -2.22. The molecule has 0 fully saturated rings. The summed E-state index contributed by atoms with van der Waals surface area (Å²) in [6, 6.07) is 10.1. The Labute approximate surface area is 228 Å². The van der Waals surface area contributed by atoms with E-state index < -0.39 is 25.9 Å². The second-order valence-corrected chi connectivity index (χ2v) is 16.8. The molecular weight excluding hydrogens is 581 g/mol. The van der Waals surface area contributed by atoms with Gasteiger partial charge in [0, 0.05) is 38.0 Å². The van der Waals surface area contributed by atoms with Crippen molar-refractivity contribution in [1.82, 2.24) is 19.3 Å². The van der Waals surface area contributed by atoms with Crippen molar-refractivity contribution in [2.24, 2.45) is 7.05 Å². The van der Waals surface area contributed by atoms with Crippen molar-refractivity contribution in [3.63, 3.8) is 0 Å². The van der Waals surface area contributed by atoms with Crippen LogP contribution < -0.4 is 5.32 Å². The number of fused-ring (bicyclic) bond motifs is 1. The molecule has 0 saturated carbocycles. The van der Waals surface area contributed by atoms with Crippen LogP contribution in [0.4, 0.5) is 10.1 Å². The van der Waals surface area contributed by atoms with E-state index in [0.29, 0.717) is 19.0 Å². The predicted molar refractivity (Wildman–Crippen MR) is 149 cm³/mol. The summed E-state index contributed by atoms with van der Waals surface area (Å²) in [4.78, 5) is 16.6. The lowest BCUT2D eigenvalue weighted by atomic mass is 9.99. The Balaban J connectivity index is 1.67. The second-order valence-electron chi connectivity index (χ2n) is 9.99. The van der Waals surface area contributed by atoms with Crippen LogP contribution in [0, 0.1) is 5.82 Å². The van der Waals surface area contributed by atoms with E-state index in [4.69, 9.17) is 16.3 Å². The first-order chi connectivity index (χ1) is 17.4. The Hall–Kier alpha value is -2.73. The van der Waals surface area contributed by atoms with Gasteiger partial charge in [0.05, 0.1) is 29.1 Å². The number of nitrogens with one attached hydrogen (secondary N) is 1. The van der Waals surface area contributed by atoms with Gasteiger partial charge < -0.3 is 19.7 Å². The normalized spacial score (nSPS) is 12.7. The number of carboxylic acids is 1. The smallest absolute Gasteiger partial charge is 0.340 e. The van der Waals surface area contributed by atoms with Gasteiger partial charge in [-0.2, -0.15) is 5.10 Å². The minimum atomic E-state index is -1.18. The third-order valence-electron chi connectivity index (χ3n) is 5.97. The van der Waals surface area contributed by atoms with Crippen molar-refractivity contribution >= 4 is 58.3 Å². The number of imidazole rings is 1. The molecule has 2 aromatic heterocycles. The number of nitrogens with zero attached hydrogens (tertiary/aromatic N) is 4. The molecule has 2 N–H and O–H groups in total. The molecule has 0 bridgehead atoms. The number of rotatable bonds is 10. The number of aryl methyl sites for hydroxylation is 1. The quantitative estimate of drug-likeness (QED) is 0.157. The van der Waals surface area contributed by atoms with Crippen LogP contribution in [0.3, 0.4) is 0 Å². The van der Waals surface area contributed by atoms with Crippen LogP contribution in [0.15, 0.2) is 47.3 Å². The van der Waals surface area contributed by atoms with Crippen LogP contribution in [0.5, 0.6) is 0 Å². The van der Waals surface area contributed by atoms with Gasteiger partial charge in [-0.1, -0.05) is 37.3 Å². The summed E-state index contributed by atoms with van der Waals surface area (Å²) in [6.07, 6.45) is 1.72. The maximum Gasteiger partial charge on any atom is 0.340 e. The summed E-state index contributed by atoms with van der Waals surface area (Å²) in [7, 11) is 0.442. The van der Waals surface area contributed by atoms with Crippen LogP contribution in [-0.4, -0.2) is 45.1 Å². The third kappa shape index (κ3) is 6.23. The highest BCUT2D eigenvalue weighted by molar-refractivity contribution is 9.10. The minimum absolute atomic E-state index is 0.0600. The van der Waals surface area contributed by atoms with Crippen LogP contribution in [-0.2, 0) is 18.5 Å². The lowest BCUT2D eigenvalue weighted by Crippen LogP contribution is -2.22. The molecule has 1 unspecified atom stereocenters. The van der Waals surface area contributed by atoms with E-state index in [2.05, 4.69) is 51.0 Å². The molecule has 0 saturated heterocycles. The SMILES string of the molecule is Cn1nc(Br)c(C(=O)O)c1C(Nc1ccc2c(c1)ncn2COCC[Si](C)(C)C)c1ccc(Cl)cc1F. The van der Waals surface area contributed by atoms with Crippen molar-refractivity contribution in [1.29, 1.82) is 0 Å². The number of hydrogen-bond acceptors (Lipinski definition) is 5. The predicted octanol–water partition coefficient (Wildman–Crippen LogP) is 6.54. The Morgan fingerprint density at radius 2 is 2.03 bits per heavy atom. The summed E-state index contributed by atoms with van der Waals surface area (Å²) in [5.41, 5.74) is 2.69. The number of benzene rings is 2. The van der Waals surface area contributed by atoms with Crippen molar-refractivity contribution in [3.05, 3.63) is 75.0 Å². The van der Waals surface area contributed by atoms with E-state index in [-0.39, 0.29) is 26.4 Å². The summed E-state index contributed by atoms with van der Waals surface area (Å²) in [5.74, 6) is -1.75. The van der Waals surface area contributed by atoms with E-state index in [9.17, 15) is 9.90 Å². The highest BCUT2D eigenvalue weighted by Crippen LogP contribution is 2.35. The topological polar surface area (TPSA) is 94.2 Å². The van der Waals surface area contributed by atoms with Gasteiger partial charge in [0.1, 0.15) is 22.7 Å². The van der Waals surface area contributed by atoms with E-state index in [1.807, 2.05) is 22.8 Å². The number of halogens is 3. The minimum Gasteiger partial charge on any atom is -0.478 e. The fourth-order valence-electron chi connectivity index (χ4n) is 4.03. The molecule has 12 heteroatoms. The Bertz CT molecular complexity index is 1450. The van der Waals surface area contributed by atoms with Gasteiger partial charge in [0.25, 0.3) is 0 Å². The fraction of sp³-hybridized carbons (Fsp3) is 0.320. The molecule has 0 aliphatic rings. The van der Waals surface area contributed by atoms with Gasteiger partial charge in [0.2, 0.25) is 0 Å². The lowest BCUT2D eigenvalue weighted by molar-refractivity contribution is 0.0694. The zero-order valence-electron chi connectivity index (χ0n) is 20.9. The average Bonchev–Trinajstić information content (AvgIpc) is 3.34. The van der Waals surface area contributed by atoms with E-state index in [1.165, 1.54) is 16.8 Å². The molecule has 0 radical (unpaired) electrons. The van der Waals surface area contributed by atoms with Gasteiger partial charge in [-0.15, -0.1) is 0 Å². The van der Waals surface area contributed by atoms with E-state index >= 15 is 4.39 Å². The van der Waals surface area contributed by atoms with Gasteiger partial charge in [-0.05, 0) is 52.3 Å². The van der Waals surface area contributed by atoms with Gasteiger partial charge in [-0.3, -0.25) is 4.68 Å². The Kier molecular flexibility index (Phi) is 8.07. The number of ether oxygens (including phenoxy) is 1. The van der Waals surface area contributed by atoms with E-state index in [1.54, 1.807) is 19.4 Å². The Morgan fingerprint density at radius 1 is 1.27 bits per heavy atom. The zero-order valence-corrected chi connectivity index (χ0v) is 24.3. The molecular formula is C25H28BrClFN5O3Si. The first kappa shape index (κ1) is 27.3. The van der Waals surface area contributed by atoms with Gasteiger partial charge >= 0.3 is 5.97 Å². The standard InChI is InChI=1S/C25H28BrClFN5O3Si/c1-32-23(21(25(34)35)24(26)31-32)22(17-7-5-15(27)11-18(17)28)30-16-6-8-20-19(12-16)29-13-33(20)14-36-9-10-37(2,3)4/h5-8,11-13,22,30H,9-10,14H2,1-4H3,(H,34,35). The maximum absolute atomic E-state index is 15.1. The monoisotopic (exact) mass is 607 g/mol. The average molecular weight is 609 g/mol. The fourth-order valence-corrected chi connectivity index (χ4v) is 5.55. The molecule has 0 amide bonds. The summed E-state index contributed by atoms with van der Waals surface area (Å²) in [5, 5.41) is 17.6. The first-order valence-electron chi connectivity index (χ1n) is 11.6. The number of aromatic carboxylic acids is 1. The van der Waals surface area contributed by atoms with Crippen LogP contribution >= 0.6 is 27.5 Å². The Morgan fingerprint density at radius 3 is 2.70 bits per heavy atom. The molecule has 8 nitrogen and oxygen atoms in total. The molecule has 0 spiro atoms. The van der Waals surface area contributed by atoms with Crippen molar-refractivity contribution in [2.75, 3.05) is 11.9 Å². The van der Waals surface area contributed by atoms with Gasteiger partial charge in [-0.25, -0.2) is 14.2 Å². The van der Waals surface area contributed by atoms with E-state index in [0.717, 1.165) is 17.1 Å². The summed E-state index contributed by atoms with van der Waals surface area (Å²) in [6.45, 7) is 8.03. The second kappa shape index (κ2) is 10.9. The van der Waals surface area contributed by atoms with Crippen molar-refractivity contribution < 1.29 is 19.0 Å². The van der Waals surface area contributed by atoms with Crippen LogP contribution in [0.2, 0.25) is 30.7 Å². The van der Waals surface area contributed by atoms with Gasteiger partial charge in [0.15, 0.2) is 0 Å². The van der Waals surface area contributed by atoms with Crippen LogP contribution in [0.25, 0.3) is 11.0 Å². The van der Waals surface area contributed by atoms with Crippen molar-refractivity contribution in [2.45, 2.75) is 38.5 Å². The van der Waals surface area contributed by atoms with Crippen LogP contribution in [0.1, 0.15) is 27.7 Å². The largest absolute Gasteiger partial charge is 0.478 e. The maximum atomic E-state index is 15.1. The first-order valence-corrected chi connectivity index (χ1v) is 16.5. The molecule has 196 valence electrons. The summed E-state index contributed by atoms with van der Waals surface area (Å²) >= 11 is 9.20. The molecule has 2 heterocycles. The molecule has 37 heavy (non-hydrogen) atoms. The molecule has 4 aromatic rings.